The van der Waals surface area contributed by atoms with Crippen molar-refractivity contribution in [3.05, 3.63) is 59.1 Å². The van der Waals surface area contributed by atoms with Crippen LogP contribution in [0.2, 0.25) is 5.02 Å². The molecule has 1 aliphatic rings. The first-order valence-corrected chi connectivity index (χ1v) is 8.19. The van der Waals surface area contributed by atoms with E-state index in [0.717, 1.165) is 5.56 Å². The van der Waals surface area contributed by atoms with E-state index >= 15 is 0 Å². The predicted octanol–water partition coefficient (Wildman–Crippen LogP) is 3.52. The minimum Gasteiger partial charge on any atom is -0.489 e. The molecule has 1 aliphatic heterocycles. The highest BCUT2D eigenvalue weighted by Gasteiger charge is 2.24. The quantitative estimate of drug-likeness (QED) is 0.890. The molecule has 1 saturated heterocycles. The van der Waals surface area contributed by atoms with Gasteiger partial charge in [-0.2, -0.15) is 0 Å². The number of aliphatic hydroxyl groups excluding tert-OH is 1. The summed E-state index contributed by atoms with van der Waals surface area (Å²) in [4.78, 5) is 13.7. The maximum absolute atomic E-state index is 12.1. The van der Waals surface area contributed by atoms with Crippen LogP contribution in [0.1, 0.15) is 12.0 Å². The van der Waals surface area contributed by atoms with Crippen molar-refractivity contribution >= 4 is 23.3 Å². The second-order valence-corrected chi connectivity index (χ2v) is 6.20. The first-order valence-electron chi connectivity index (χ1n) is 7.81. The van der Waals surface area contributed by atoms with Crippen LogP contribution in [0.15, 0.2) is 48.5 Å². The minimum atomic E-state index is -0.426. The van der Waals surface area contributed by atoms with Gasteiger partial charge in [0.1, 0.15) is 12.4 Å². The molecule has 0 spiro atoms. The molecule has 1 heterocycles. The summed E-state index contributed by atoms with van der Waals surface area (Å²) in [5.74, 6) is 0.671. The monoisotopic (exact) mass is 346 g/mol. The first-order chi connectivity index (χ1) is 11.6. The number of aliphatic hydroxyl groups is 1. The van der Waals surface area contributed by atoms with Crippen molar-refractivity contribution in [2.75, 3.05) is 18.4 Å². The summed E-state index contributed by atoms with van der Waals surface area (Å²) >= 11 is 5.86. The van der Waals surface area contributed by atoms with Gasteiger partial charge < -0.3 is 20.1 Å². The van der Waals surface area contributed by atoms with Crippen LogP contribution in [0.3, 0.4) is 0 Å². The number of nitrogens with zero attached hydrogens (tertiary/aromatic N) is 1. The van der Waals surface area contributed by atoms with Crippen molar-refractivity contribution in [3.63, 3.8) is 0 Å². The molecule has 6 heteroatoms. The summed E-state index contributed by atoms with van der Waals surface area (Å²) in [6.45, 7) is 1.37. The Morgan fingerprint density at radius 2 is 2.08 bits per heavy atom. The summed E-state index contributed by atoms with van der Waals surface area (Å²) < 4.78 is 5.75. The molecular formula is C18H19ClN2O3. The molecule has 2 aromatic rings. The molecule has 24 heavy (non-hydrogen) atoms. The number of benzene rings is 2. The highest BCUT2D eigenvalue weighted by molar-refractivity contribution is 6.30. The van der Waals surface area contributed by atoms with Gasteiger partial charge in [-0.15, -0.1) is 0 Å². The van der Waals surface area contributed by atoms with Crippen LogP contribution in [-0.2, 0) is 6.61 Å². The van der Waals surface area contributed by atoms with Crippen molar-refractivity contribution in [1.82, 2.24) is 4.90 Å². The Morgan fingerprint density at radius 1 is 1.29 bits per heavy atom. The maximum atomic E-state index is 12.1. The number of ether oxygens (including phenoxy) is 1. The third-order valence-electron chi connectivity index (χ3n) is 3.85. The molecule has 0 radical (unpaired) electrons. The summed E-state index contributed by atoms with van der Waals surface area (Å²) in [6.07, 6.45) is 0.197. The van der Waals surface area contributed by atoms with Gasteiger partial charge in [0.25, 0.3) is 0 Å². The number of urea groups is 1. The number of likely N-dealkylation sites (tertiary alicyclic amines) is 1. The average Bonchev–Trinajstić information content (AvgIpc) is 3.01. The zero-order chi connectivity index (χ0) is 16.9. The minimum absolute atomic E-state index is 0.207. The fourth-order valence-electron chi connectivity index (χ4n) is 2.54. The van der Waals surface area contributed by atoms with Crippen molar-refractivity contribution in [2.24, 2.45) is 0 Å². The van der Waals surface area contributed by atoms with Crippen LogP contribution in [0.25, 0.3) is 0 Å². The van der Waals surface area contributed by atoms with Gasteiger partial charge >= 0.3 is 6.03 Å². The standard InChI is InChI=1S/C18H19ClN2O3/c19-14-6-4-13(5-7-14)12-24-17-3-1-2-15(10-17)20-18(23)21-9-8-16(22)11-21/h1-7,10,16,22H,8-9,11-12H2,(H,20,23)/t16-/m1/s1. The molecule has 3 rings (SSSR count). The van der Waals surface area contributed by atoms with Crippen LogP contribution >= 0.6 is 11.6 Å². The number of rotatable bonds is 4. The van der Waals surface area contributed by atoms with E-state index in [1.807, 2.05) is 36.4 Å². The largest absolute Gasteiger partial charge is 0.489 e. The van der Waals surface area contributed by atoms with Gasteiger partial charge in [-0.3, -0.25) is 0 Å². The van der Waals surface area contributed by atoms with Crippen LogP contribution in [0, 0.1) is 0 Å². The van der Waals surface area contributed by atoms with Crippen molar-refractivity contribution in [3.8, 4) is 5.75 Å². The van der Waals surface area contributed by atoms with E-state index in [-0.39, 0.29) is 6.03 Å². The Labute approximate surface area is 145 Å². The zero-order valence-electron chi connectivity index (χ0n) is 13.1. The van der Waals surface area contributed by atoms with Gasteiger partial charge in [-0.05, 0) is 36.2 Å². The van der Waals surface area contributed by atoms with Crippen molar-refractivity contribution in [1.29, 1.82) is 0 Å². The Balaban J connectivity index is 1.57. The molecule has 0 bridgehead atoms. The van der Waals surface area contributed by atoms with Gasteiger partial charge in [0, 0.05) is 29.9 Å². The Bertz CT molecular complexity index is 706. The number of nitrogens with one attached hydrogen (secondary N) is 1. The fraction of sp³-hybridized carbons (Fsp3) is 0.278. The summed E-state index contributed by atoms with van der Waals surface area (Å²) in [6, 6.07) is 14.5. The van der Waals surface area contributed by atoms with E-state index in [1.54, 1.807) is 17.0 Å². The second-order valence-electron chi connectivity index (χ2n) is 5.76. The molecule has 2 N–H and O–H groups in total. The number of anilines is 1. The summed E-state index contributed by atoms with van der Waals surface area (Å²) in [5, 5.41) is 13.0. The lowest BCUT2D eigenvalue weighted by Gasteiger charge is -2.17. The van der Waals surface area contributed by atoms with Gasteiger partial charge in [-0.25, -0.2) is 4.79 Å². The number of β-amino-alcohol motifs (C(OH)–C–C–N with tert-alkyl or cyclic N) is 1. The topological polar surface area (TPSA) is 61.8 Å². The lowest BCUT2D eigenvalue weighted by Crippen LogP contribution is -2.33. The fourth-order valence-corrected chi connectivity index (χ4v) is 2.67. The first kappa shape index (κ1) is 16.6. The van der Waals surface area contributed by atoms with Crippen LogP contribution in [-0.4, -0.2) is 35.2 Å². The van der Waals surface area contributed by atoms with Crippen LogP contribution in [0.5, 0.6) is 5.75 Å². The van der Waals surface area contributed by atoms with Crippen molar-refractivity contribution in [2.45, 2.75) is 19.1 Å². The smallest absolute Gasteiger partial charge is 0.321 e. The Morgan fingerprint density at radius 3 is 2.79 bits per heavy atom. The highest BCUT2D eigenvalue weighted by Crippen LogP contribution is 2.20. The summed E-state index contributed by atoms with van der Waals surface area (Å²) in [7, 11) is 0. The van der Waals surface area contributed by atoms with E-state index in [0.29, 0.717) is 42.6 Å². The third-order valence-corrected chi connectivity index (χ3v) is 4.11. The molecule has 126 valence electrons. The second kappa shape index (κ2) is 7.55. The van der Waals surface area contributed by atoms with E-state index < -0.39 is 6.10 Å². The number of hydrogen-bond acceptors (Lipinski definition) is 3. The van der Waals surface area contributed by atoms with E-state index in [9.17, 15) is 9.90 Å². The zero-order valence-corrected chi connectivity index (χ0v) is 13.9. The predicted molar refractivity (Wildman–Crippen MR) is 93.4 cm³/mol. The van der Waals surface area contributed by atoms with Gasteiger partial charge in [0.05, 0.1) is 6.10 Å². The molecule has 2 amide bonds. The molecule has 5 nitrogen and oxygen atoms in total. The third kappa shape index (κ3) is 4.40. The molecular weight excluding hydrogens is 328 g/mol. The number of hydrogen-bond donors (Lipinski definition) is 2. The molecule has 2 aromatic carbocycles. The van der Waals surface area contributed by atoms with Crippen LogP contribution in [0.4, 0.5) is 10.5 Å². The van der Waals surface area contributed by atoms with E-state index in [2.05, 4.69) is 5.32 Å². The number of carbonyl (C=O) groups excluding carboxylic acids is 1. The Hall–Kier alpha value is -2.24. The Kier molecular flexibility index (Phi) is 5.23. The van der Waals surface area contributed by atoms with E-state index in [4.69, 9.17) is 16.3 Å². The molecule has 1 atom stereocenters. The maximum Gasteiger partial charge on any atom is 0.321 e. The SMILES string of the molecule is O=C(Nc1cccc(OCc2ccc(Cl)cc2)c1)N1CC[C@@H](O)C1. The highest BCUT2D eigenvalue weighted by atomic mass is 35.5. The molecule has 0 aliphatic carbocycles. The molecule has 0 saturated carbocycles. The molecule has 0 unspecified atom stereocenters. The molecule has 0 aromatic heterocycles. The van der Waals surface area contributed by atoms with E-state index in [1.165, 1.54) is 0 Å². The summed E-state index contributed by atoms with van der Waals surface area (Å²) in [5.41, 5.74) is 1.68. The van der Waals surface area contributed by atoms with Gasteiger partial charge in [0.2, 0.25) is 0 Å². The van der Waals surface area contributed by atoms with Crippen LogP contribution < -0.4 is 10.1 Å². The lowest BCUT2D eigenvalue weighted by molar-refractivity contribution is 0.176. The lowest BCUT2D eigenvalue weighted by atomic mass is 10.2. The average molecular weight is 347 g/mol. The number of amides is 2. The number of carbonyl (C=O) groups is 1. The molecule has 1 fully saturated rings. The van der Waals surface area contributed by atoms with Gasteiger partial charge in [-0.1, -0.05) is 29.8 Å². The van der Waals surface area contributed by atoms with Gasteiger partial charge in [0.15, 0.2) is 0 Å². The van der Waals surface area contributed by atoms with Crippen molar-refractivity contribution < 1.29 is 14.6 Å². The normalized spacial score (nSPS) is 16.9. The number of halogens is 1.